The molecule has 0 N–H and O–H groups in total. The van der Waals surface area contributed by atoms with Gasteiger partial charge in [-0.3, -0.25) is 47.9 Å². The molecule has 100 heavy (non-hydrogen) atoms. The molecule has 14 heteroatoms. The van der Waals surface area contributed by atoms with E-state index in [2.05, 4.69) is 0 Å². The maximum Gasteiger partial charge on any atom is 0.167 e. The lowest BCUT2D eigenvalue weighted by atomic mass is 9.97. The number of carbonyl (C=O) groups excluding carboxylic acids is 10. The van der Waals surface area contributed by atoms with Crippen molar-refractivity contribution in [2.45, 2.75) is 98.8 Å². The maximum atomic E-state index is 13.4. The lowest BCUT2D eigenvalue weighted by Crippen LogP contribution is -2.07. The molecule has 0 saturated carbocycles. The van der Waals surface area contributed by atoms with Crippen LogP contribution in [-0.4, -0.2) is 64.9 Å². The smallest absolute Gasteiger partial charge is 0.167 e. The Labute approximate surface area is 594 Å². The number of hydrogen-bond donors (Lipinski definition) is 0. The van der Waals surface area contributed by atoms with Gasteiger partial charge in [-0.05, 0) is 99.8 Å². The minimum absolute atomic E-state index is 0.0196. The number of methoxy groups -OCH3 is 1. The molecule has 0 bridgehead atoms. The Morgan fingerprint density at radius 3 is 0.830 bits per heavy atom. The van der Waals surface area contributed by atoms with Gasteiger partial charge in [0.2, 0.25) is 0 Å². The lowest BCUT2D eigenvalue weighted by molar-refractivity contribution is 0.0915. The zero-order chi connectivity index (χ0) is 72.5. The quantitative estimate of drug-likeness (QED) is 0.0471. The molecule has 0 atom stereocenters. The van der Waals surface area contributed by atoms with E-state index >= 15 is 0 Å². The Bertz CT molecular complexity index is 4140. The number of halogens is 3. The van der Waals surface area contributed by atoms with E-state index in [4.69, 9.17) is 27.9 Å². The summed E-state index contributed by atoms with van der Waals surface area (Å²) in [7, 11) is 1.53. The number of para-hydroxylation sites is 1. The molecule has 11 nitrogen and oxygen atoms in total. The highest BCUT2D eigenvalue weighted by atomic mass is 35.5. The van der Waals surface area contributed by atoms with Crippen molar-refractivity contribution >= 4 is 81.0 Å². The molecular formula is C86H79Cl2FO11. The second-order valence-corrected chi connectivity index (χ2v) is 24.2. The first-order chi connectivity index (χ1) is 48.1. The van der Waals surface area contributed by atoms with Crippen molar-refractivity contribution in [2.24, 2.45) is 0 Å². The predicted molar refractivity (Wildman–Crippen MR) is 394 cm³/mol. The highest BCUT2D eigenvalue weighted by Crippen LogP contribution is 2.24. The number of Topliss-reactive ketones (excluding diaryl/α,β-unsaturated/α-hetero) is 10. The first kappa shape index (κ1) is 78.2. The van der Waals surface area contributed by atoms with E-state index in [1.165, 1.54) is 25.3 Å². The van der Waals surface area contributed by atoms with Gasteiger partial charge in [-0.2, -0.15) is 0 Å². The van der Waals surface area contributed by atoms with Crippen LogP contribution in [0.5, 0.6) is 5.75 Å². The Balaban J connectivity index is 0.000000197. The number of carbonyl (C=O) groups is 10. The number of benzene rings is 10. The van der Waals surface area contributed by atoms with Crippen molar-refractivity contribution in [1.29, 1.82) is 0 Å². The third kappa shape index (κ3) is 24.9. The van der Waals surface area contributed by atoms with Crippen LogP contribution in [0.25, 0.3) is 0 Å². The van der Waals surface area contributed by atoms with Crippen LogP contribution in [-0.2, 0) is 0 Å². The molecule has 510 valence electrons. The monoisotopic (exact) mass is 1380 g/mol. The Morgan fingerprint density at radius 2 is 0.500 bits per heavy atom. The van der Waals surface area contributed by atoms with Gasteiger partial charge in [0.25, 0.3) is 0 Å². The summed E-state index contributed by atoms with van der Waals surface area (Å²) in [6.07, 6.45) is 1.80. The summed E-state index contributed by atoms with van der Waals surface area (Å²) in [4.78, 5) is 120. The third-order valence-electron chi connectivity index (χ3n) is 16.0. The fraction of sp³-hybridized carbons (Fsp3) is 0.186. The van der Waals surface area contributed by atoms with E-state index in [-0.39, 0.29) is 128 Å². The Morgan fingerprint density at radius 1 is 0.260 bits per heavy atom. The van der Waals surface area contributed by atoms with E-state index in [1.54, 1.807) is 97.1 Å². The standard InChI is InChI=1S/2C18H18O2.C17H15FO2.C17H16O3.C16H12Cl2O2/c1-13-7-3-5-9-15(13)17(19)11-12-18(20)16-10-6-4-8-14(16)2;1-13-7-9-15(10-8-13)17(19)11-12-18(20)16-6-4-3-5-14(16)2;1-12-6-8-13(9-7-12)16(19)10-11-17(20)14-4-2-3-5-15(14)18;1-20-17-10-6-5-9-14(17)16(19)12-11-15(18)13-7-3-2-4-8-13;17-13-7-3-1-5-11(13)15(19)9-10-16(20)12-6-2-4-8-14(12)18/h2*3-10H,11-12H2,1-2H3;2-9H,10-11H2,1H3;2-10H,11-12H2,1H3;1-8H,9-10H2. The van der Waals surface area contributed by atoms with Crippen LogP contribution in [0.15, 0.2) is 249 Å². The molecule has 0 spiro atoms. The zero-order valence-corrected chi connectivity index (χ0v) is 58.4. The minimum atomic E-state index is -0.541. The van der Waals surface area contributed by atoms with E-state index in [9.17, 15) is 52.3 Å². The Kier molecular flexibility index (Phi) is 31.9. The molecule has 0 heterocycles. The van der Waals surface area contributed by atoms with Gasteiger partial charge < -0.3 is 4.74 Å². The molecule has 10 aromatic rings. The highest BCUT2D eigenvalue weighted by molar-refractivity contribution is 6.34. The number of ketones is 10. The van der Waals surface area contributed by atoms with Gasteiger partial charge in [0, 0.05) is 109 Å². The molecule has 10 aromatic carbocycles. The predicted octanol–water partition coefficient (Wildman–Crippen LogP) is 20.7. The van der Waals surface area contributed by atoms with Crippen molar-refractivity contribution in [1.82, 2.24) is 0 Å². The van der Waals surface area contributed by atoms with Crippen LogP contribution in [0.4, 0.5) is 4.39 Å². The first-order valence-electron chi connectivity index (χ1n) is 32.6. The normalized spacial score (nSPS) is 10.2. The summed E-state index contributed by atoms with van der Waals surface area (Å²) in [6, 6.07) is 72.6. The molecule has 0 aliphatic rings. The number of aryl methyl sites for hydroxylation is 5. The average molecular weight is 1380 g/mol. The van der Waals surface area contributed by atoms with E-state index in [0.29, 0.717) is 65.9 Å². The number of rotatable bonds is 26. The molecular weight excluding hydrogens is 1300 g/mol. The van der Waals surface area contributed by atoms with Crippen molar-refractivity contribution in [3.8, 4) is 5.75 Å². The Hall–Kier alpha value is -10.8. The van der Waals surface area contributed by atoms with Crippen LogP contribution in [0.1, 0.15) is 196 Å². The SMILES string of the molecule is COc1ccccc1C(=O)CCC(=O)c1ccccc1.Cc1ccc(C(=O)CCC(=O)c2ccccc2C)cc1.Cc1ccc(C(=O)CCC(=O)c2ccccc2F)cc1.Cc1ccccc1C(=O)CCC(=O)c1ccccc1C.O=C(CCC(=O)c1ccccc1Cl)c1ccccc1Cl. The second-order valence-electron chi connectivity index (χ2n) is 23.4. The summed E-state index contributed by atoms with van der Waals surface area (Å²) in [5.41, 5.74) is 10.6. The summed E-state index contributed by atoms with van der Waals surface area (Å²) in [6.45, 7) is 9.66. The van der Waals surface area contributed by atoms with Gasteiger partial charge in [0.1, 0.15) is 11.6 Å². The molecule has 0 aliphatic carbocycles. The molecule has 10 rings (SSSR count). The molecule has 0 aromatic heterocycles. The van der Waals surface area contributed by atoms with Crippen molar-refractivity contribution in [3.05, 3.63) is 348 Å². The van der Waals surface area contributed by atoms with Gasteiger partial charge in [0.05, 0.1) is 28.3 Å². The highest BCUT2D eigenvalue weighted by Gasteiger charge is 2.19. The molecule has 0 radical (unpaired) electrons. The van der Waals surface area contributed by atoms with Crippen molar-refractivity contribution < 1.29 is 57.1 Å². The van der Waals surface area contributed by atoms with E-state index in [0.717, 1.165) is 27.8 Å². The van der Waals surface area contributed by atoms with Gasteiger partial charge in [-0.25, -0.2) is 4.39 Å². The van der Waals surface area contributed by atoms with Gasteiger partial charge in [0.15, 0.2) is 57.8 Å². The molecule has 0 unspecified atom stereocenters. The third-order valence-corrected chi connectivity index (χ3v) is 16.7. The van der Waals surface area contributed by atoms with Crippen molar-refractivity contribution in [2.75, 3.05) is 7.11 Å². The van der Waals surface area contributed by atoms with Crippen LogP contribution >= 0.6 is 23.2 Å². The lowest BCUT2D eigenvalue weighted by Gasteiger charge is -2.06. The number of ether oxygens (including phenoxy) is 1. The van der Waals surface area contributed by atoms with Gasteiger partial charge in [-0.1, -0.05) is 235 Å². The summed E-state index contributed by atoms with van der Waals surface area (Å²) >= 11 is 11.9. The van der Waals surface area contributed by atoms with Crippen LogP contribution in [0.3, 0.4) is 0 Å². The van der Waals surface area contributed by atoms with Crippen LogP contribution in [0.2, 0.25) is 10.0 Å². The van der Waals surface area contributed by atoms with Gasteiger partial charge >= 0.3 is 0 Å². The molecule has 0 aliphatic heterocycles. The van der Waals surface area contributed by atoms with Gasteiger partial charge in [-0.15, -0.1) is 0 Å². The largest absolute Gasteiger partial charge is 0.496 e. The zero-order valence-electron chi connectivity index (χ0n) is 56.9. The summed E-state index contributed by atoms with van der Waals surface area (Å²) in [5.74, 6) is -0.707. The second kappa shape index (κ2) is 40.8. The summed E-state index contributed by atoms with van der Waals surface area (Å²) in [5, 5.41) is 0.811. The molecule has 0 amide bonds. The fourth-order valence-corrected chi connectivity index (χ4v) is 10.7. The average Bonchev–Trinajstić information content (AvgIpc) is 0.935. The summed E-state index contributed by atoms with van der Waals surface area (Å²) < 4.78 is 18.6. The topological polar surface area (TPSA) is 180 Å². The fourth-order valence-electron chi connectivity index (χ4n) is 10.2. The van der Waals surface area contributed by atoms with Crippen molar-refractivity contribution in [3.63, 3.8) is 0 Å². The van der Waals surface area contributed by atoms with E-state index in [1.807, 2.05) is 168 Å². The number of hydrogen-bond acceptors (Lipinski definition) is 11. The molecule has 0 saturated heterocycles. The molecule has 0 fully saturated rings. The van der Waals surface area contributed by atoms with Crippen LogP contribution < -0.4 is 4.74 Å². The maximum absolute atomic E-state index is 13.4. The first-order valence-corrected chi connectivity index (χ1v) is 33.4. The van der Waals surface area contributed by atoms with Crippen LogP contribution in [0, 0.1) is 40.4 Å². The van der Waals surface area contributed by atoms with E-state index < -0.39 is 5.82 Å². The minimum Gasteiger partial charge on any atom is -0.496 e.